The number of nitrogens with one attached hydrogen (secondary N) is 1. The highest BCUT2D eigenvalue weighted by Crippen LogP contribution is 2.29. The van der Waals surface area contributed by atoms with Crippen LogP contribution in [0.5, 0.6) is 0 Å². The van der Waals surface area contributed by atoms with E-state index in [0.717, 1.165) is 29.0 Å². The van der Waals surface area contributed by atoms with Gasteiger partial charge in [0.25, 0.3) is 0 Å². The van der Waals surface area contributed by atoms with E-state index in [4.69, 9.17) is 4.98 Å². The predicted molar refractivity (Wildman–Crippen MR) is 89.8 cm³/mol. The zero-order chi connectivity index (χ0) is 14.8. The molecule has 3 heterocycles. The van der Waals surface area contributed by atoms with Gasteiger partial charge in [-0.1, -0.05) is 6.07 Å². The minimum Gasteiger partial charge on any atom is -0.308 e. The van der Waals surface area contributed by atoms with Gasteiger partial charge in [0.2, 0.25) is 0 Å². The smallest absolute Gasteiger partial charge is 0.142 e. The van der Waals surface area contributed by atoms with Crippen LogP contribution in [0.1, 0.15) is 31.4 Å². The van der Waals surface area contributed by atoms with E-state index in [1.165, 1.54) is 38.8 Å². The fourth-order valence-corrected chi connectivity index (χ4v) is 3.95. The second-order valence-corrected chi connectivity index (χ2v) is 7.14. The van der Waals surface area contributed by atoms with Gasteiger partial charge in [0.05, 0.1) is 11.4 Å². The Labute approximate surface area is 135 Å². The molecule has 0 unspecified atom stereocenters. The molecule has 0 bridgehead atoms. The number of piperidine rings is 1. The maximum absolute atomic E-state index is 4.70. The number of pyridine rings is 1. The summed E-state index contributed by atoms with van der Waals surface area (Å²) in [5.41, 5.74) is 2.10. The van der Waals surface area contributed by atoms with Crippen molar-refractivity contribution in [3.05, 3.63) is 35.5 Å². The molecule has 116 valence electrons. The molecular weight excluding hydrogens is 292 g/mol. The van der Waals surface area contributed by atoms with E-state index >= 15 is 0 Å². The molecule has 2 aliphatic rings. The molecular formula is C17H22N4S. The summed E-state index contributed by atoms with van der Waals surface area (Å²) < 4.78 is 0. The predicted octanol–water partition coefficient (Wildman–Crippen LogP) is 2.92. The Morgan fingerprint density at radius 1 is 1.18 bits per heavy atom. The average molecular weight is 314 g/mol. The van der Waals surface area contributed by atoms with Crippen LogP contribution in [0.2, 0.25) is 0 Å². The van der Waals surface area contributed by atoms with Crippen LogP contribution in [0.25, 0.3) is 10.7 Å². The lowest BCUT2D eigenvalue weighted by atomic mass is 10.0. The Morgan fingerprint density at radius 3 is 2.77 bits per heavy atom. The minimum absolute atomic E-state index is 0.648. The summed E-state index contributed by atoms with van der Waals surface area (Å²) in [7, 11) is 0. The highest BCUT2D eigenvalue weighted by Gasteiger charge is 2.31. The fraction of sp³-hybridized carbons (Fsp3) is 0.529. The Balaban J connectivity index is 1.28. The van der Waals surface area contributed by atoms with Crippen LogP contribution in [0.15, 0.2) is 29.8 Å². The number of hydrogen-bond donors (Lipinski definition) is 1. The lowest BCUT2D eigenvalue weighted by molar-refractivity contribution is 0.189. The summed E-state index contributed by atoms with van der Waals surface area (Å²) in [5.74, 6) is 0. The number of likely N-dealkylation sites (tertiary alicyclic amines) is 1. The largest absolute Gasteiger partial charge is 0.308 e. The molecule has 4 nitrogen and oxygen atoms in total. The standard InChI is InChI=1S/C17H22N4S/c1-2-8-18-16(3-1)17-20-14(12-22-17)11-19-13-6-9-21(10-7-13)15-4-5-15/h1-3,8,12-13,15,19H,4-7,9-11H2. The van der Waals surface area contributed by atoms with Crippen LogP contribution in [0.4, 0.5) is 0 Å². The molecule has 22 heavy (non-hydrogen) atoms. The lowest BCUT2D eigenvalue weighted by Crippen LogP contribution is -2.43. The van der Waals surface area contributed by atoms with E-state index in [1.54, 1.807) is 11.3 Å². The van der Waals surface area contributed by atoms with Gasteiger partial charge in [-0.15, -0.1) is 11.3 Å². The molecule has 5 heteroatoms. The van der Waals surface area contributed by atoms with Crippen molar-refractivity contribution in [3.63, 3.8) is 0 Å². The van der Waals surface area contributed by atoms with E-state index < -0.39 is 0 Å². The molecule has 0 spiro atoms. The fourth-order valence-electron chi connectivity index (χ4n) is 3.15. The molecule has 0 radical (unpaired) electrons. The van der Waals surface area contributed by atoms with E-state index in [1.807, 2.05) is 24.4 Å². The number of thiazole rings is 1. The first kappa shape index (κ1) is 14.3. The Bertz CT molecular complexity index is 600. The molecule has 1 aliphatic heterocycles. The van der Waals surface area contributed by atoms with E-state index in [2.05, 4.69) is 20.6 Å². The van der Waals surface area contributed by atoms with Crippen LogP contribution >= 0.6 is 11.3 Å². The van der Waals surface area contributed by atoms with Gasteiger partial charge >= 0.3 is 0 Å². The second-order valence-electron chi connectivity index (χ2n) is 6.28. The van der Waals surface area contributed by atoms with Gasteiger partial charge in [0.1, 0.15) is 5.01 Å². The van der Waals surface area contributed by atoms with Crippen molar-refractivity contribution >= 4 is 11.3 Å². The zero-order valence-electron chi connectivity index (χ0n) is 12.7. The molecule has 0 aromatic carbocycles. The maximum atomic E-state index is 4.70. The Kier molecular flexibility index (Phi) is 4.19. The monoisotopic (exact) mass is 314 g/mol. The molecule has 1 aliphatic carbocycles. The normalized spacial score (nSPS) is 20.4. The molecule has 2 aromatic heterocycles. The minimum atomic E-state index is 0.648. The first-order valence-electron chi connectivity index (χ1n) is 8.22. The van der Waals surface area contributed by atoms with Crippen LogP contribution in [0.3, 0.4) is 0 Å². The van der Waals surface area contributed by atoms with Crippen molar-refractivity contribution in [2.45, 2.75) is 44.3 Å². The first-order chi connectivity index (χ1) is 10.9. The third-order valence-corrected chi connectivity index (χ3v) is 5.51. The van der Waals surface area contributed by atoms with Crippen LogP contribution in [0, 0.1) is 0 Å². The van der Waals surface area contributed by atoms with Gasteiger partial charge in [-0.25, -0.2) is 4.98 Å². The summed E-state index contributed by atoms with van der Waals surface area (Å²) in [6, 6.07) is 7.53. The van der Waals surface area contributed by atoms with Crippen molar-refractivity contribution in [2.24, 2.45) is 0 Å². The molecule has 1 N–H and O–H groups in total. The summed E-state index contributed by atoms with van der Waals surface area (Å²) >= 11 is 1.68. The van der Waals surface area contributed by atoms with Gasteiger partial charge in [-0.05, 0) is 50.9 Å². The molecule has 1 saturated heterocycles. The first-order valence-corrected chi connectivity index (χ1v) is 9.10. The summed E-state index contributed by atoms with van der Waals surface area (Å²) in [5, 5.41) is 6.84. The molecule has 1 saturated carbocycles. The van der Waals surface area contributed by atoms with Crippen LogP contribution in [-0.4, -0.2) is 40.0 Å². The summed E-state index contributed by atoms with van der Waals surface area (Å²) in [6.45, 7) is 3.40. The molecule has 0 amide bonds. The van der Waals surface area contributed by atoms with Crippen molar-refractivity contribution in [2.75, 3.05) is 13.1 Å². The van der Waals surface area contributed by atoms with E-state index in [0.29, 0.717) is 6.04 Å². The van der Waals surface area contributed by atoms with Crippen LogP contribution < -0.4 is 5.32 Å². The highest BCUT2D eigenvalue weighted by atomic mass is 32.1. The third kappa shape index (κ3) is 3.37. The molecule has 2 fully saturated rings. The summed E-state index contributed by atoms with van der Waals surface area (Å²) in [4.78, 5) is 11.7. The number of nitrogens with zero attached hydrogens (tertiary/aromatic N) is 3. The SMILES string of the molecule is c1ccc(-c2nc(CNC3CCN(C4CC4)CC3)cs2)nc1. The highest BCUT2D eigenvalue weighted by molar-refractivity contribution is 7.13. The average Bonchev–Trinajstić information content (AvgIpc) is 3.32. The van der Waals surface area contributed by atoms with Crippen molar-refractivity contribution in [3.8, 4) is 10.7 Å². The maximum Gasteiger partial charge on any atom is 0.142 e. The quantitative estimate of drug-likeness (QED) is 0.921. The van der Waals surface area contributed by atoms with Crippen molar-refractivity contribution in [1.29, 1.82) is 0 Å². The number of hydrogen-bond acceptors (Lipinski definition) is 5. The van der Waals surface area contributed by atoms with Gasteiger partial charge in [0.15, 0.2) is 0 Å². The van der Waals surface area contributed by atoms with Gasteiger partial charge in [-0.3, -0.25) is 4.98 Å². The topological polar surface area (TPSA) is 41.1 Å². The number of rotatable bonds is 5. The summed E-state index contributed by atoms with van der Waals surface area (Å²) in [6.07, 6.45) is 7.21. The number of aromatic nitrogens is 2. The third-order valence-electron chi connectivity index (χ3n) is 4.60. The van der Waals surface area contributed by atoms with Gasteiger partial charge < -0.3 is 10.2 Å². The van der Waals surface area contributed by atoms with E-state index in [9.17, 15) is 0 Å². The Morgan fingerprint density at radius 2 is 2.05 bits per heavy atom. The molecule has 2 aromatic rings. The van der Waals surface area contributed by atoms with Gasteiger partial charge in [-0.2, -0.15) is 0 Å². The Hall–Kier alpha value is -1.30. The van der Waals surface area contributed by atoms with Crippen molar-refractivity contribution < 1.29 is 0 Å². The second kappa shape index (κ2) is 6.44. The van der Waals surface area contributed by atoms with Crippen molar-refractivity contribution in [1.82, 2.24) is 20.2 Å². The van der Waals surface area contributed by atoms with Gasteiger partial charge in [0, 0.05) is 30.2 Å². The van der Waals surface area contributed by atoms with Crippen LogP contribution in [-0.2, 0) is 6.54 Å². The molecule has 0 atom stereocenters. The zero-order valence-corrected chi connectivity index (χ0v) is 13.6. The molecule has 4 rings (SSSR count). The van der Waals surface area contributed by atoms with E-state index in [-0.39, 0.29) is 0 Å². The lowest BCUT2D eigenvalue weighted by Gasteiger charge is -2.32.